The van der Waals surface area contributed by atoms with Crippen molar-refractivity contribution in [2.75, 3.05) is 0 Å². The zero-order valence-electron chi connectivity index (χ0n) is 8.15. The number of hydrogen-bond donors (Lipinski definition) is 0. The van der Waals surface area contributed by atoms with Gasteiger partial charge in [-0.15, -0.1) is 0 Å². The fourth-order valence-electron chi connectivity index (χ4n) is 1.56. The molecule has 0 fully saturated rings. The van der Waals surface area contributed by atoms with Gasteiger partial charge in [0.25, 0.3) is 0 Å². The van der Waals surface area contributed by atoms with Crippen molar-refractivity contribution in [2.24, 2.45) is 4.99 Å². The van der Waals surface area contributed by atoms with Crippen LogP contribution in [0.1, 0.15) is 19.4 Å². The zero-order chi connectivity index (χ0) is 10.2. The van der Waals surface area contributed by atoms with Crippen molar-refractivity contribution >= 4 is 11.9 Å². The standard InChI is InChI=1S/C11H11NO2/c1-8-12-11(2,10(13)14-8)9-6-4-3-5-7-9/h3-7H,1-2H3. The molecule has 0 N–H and O–H groups in total. The lowest BCUT2D eigenvalue weighted by Gasteiger charge is -2.15. The van der Waals surface area contributed by atoms with Crippen LogP contribution >= 0.6 is 0 Å². The third-order valence-corrected chi connectivity index (χ3v) is 2.35. The molecule has 1 heterocycles. The molecule has 1 aliphatic heterocycles. The Morgan fingerprint density at radius 3 is 2.43 bits per heavy atom. The first kappa shape index (κ1) is 8.94. The number of esters is 1. The van der Waals surface area contributed by atoms with Gasteiger partial charge in [-0.05, 0) is 12.5 Å². The number of benzene rings is 1. The SMILES string of the molecule is CC1=NC(C)(c2ccccc2)C(=O)O1. The molecule has 1 aromatic rings. The van der Waals surface area contributed by atoms with Gasteiger partial charge in [-0.3, -0.25) is 0 Å². The molecule has 0 amide bonds. The summed E-state index contributed by atoms with van der Waals surface area (Å²) in [4.78, 5) is 15.8. The van der Waals surface area contributed by atoms with Gasteiger partial charge in [0, 0.05) is 6.92 Å². The molecule has 14 heavy (non-hydrogen) atoms. The fraction of sp³-hybridized carbons (Fsp3) is 0.273. The van der Waals surface area contributed by atoms with Crippen molar-refractivity contribution in [1.82, 2.24) is 0 Å². The molecule has 0 bridgehead atoms. The maximum Gasteiger partial charge on any atom is 0.344 e. The summed E-state index contributed by atoms with van der Waals surface area (Å²) in [6.07, 6.45) is 0. The molecule has 3 nitrogen and oxygen atoms in total. The van der Waals surface area contributed by atoms with E-state index in [1.807, 2.05) is 30.3 Å². The molecule has 1 aliphatic rings. The van der Waals surface area contributed by atoms with Crippen LogP contribution in [0.4, 0.5) is 0 Å². The largest absolute Gasteiger partial charge is 0.410 e. The van der Waals surface area contributed by atoms with Gasteiger partial charge in [0.2, 0.25) is 0 Å². The Morgan fingerprint density at radius 1 is 1.29 bits per heavy atom. The van der Waals surface area contributed by atoms with E-state index in [1.54, 1.807) is 13.8 Å². The van der Waals surface area contributed by atoms with E-state index < -0.39 is 5.54 Å². The Labute approximate surface area is 82.4 Å². The lowest BCUT2D eigenvalue weighted by atomic mass is 9.93. The summed E-state index contributed by atoms with van der Waals surface area (Å²) in [5, 5.41) is 0. The number of carbonyl (C=O) groups is 1. The summed E-state index contributed by atoms with van der Waals surface area (Å²) < 4.78 is 4.94. The predicted octanol–water partition coefficient (Wildman–Crippen LogP) is 1.88. The Hall–Kier alpha value is -1.64. The van der Waals surface area contributed by atoms with Crippen LogP contribution < -0.4 is 0 Å². The van der Waals surface area contributed by atoms with Crippen LogP contribution in [0, 0.1) is 0 Å². The van der Waals surface area contributed by atoms with Crippen LogP contribution in [0.3, 0.4) is 0 Å². The Bertz CT molecular complexity index is 397. The van der Waals surface area contributed by atoms with Crippen molar-refractivity contribution in [3.05, 3.63) is 35.9 Å². The van der Waals surface area contributed by atoms with E-state index >= 15 is 0 Å². The summed E-state index contributed by atoms with van der Waals surface area (Å²) in [5.41, 5.74) is 0.00701. The Balaban J connectivity index is 2.48. The average Bonchev–Trinajstić information content (AvgIpc) is 2.43. The molecular formula is C11H11NO2. The van der Waals surface area contributed by atoms with Crippen LogP contribution in [0.25, 0.3) is 0 Å². The van der Waals surface area contributed by atoms with Crippen molar-refractivity contribution in [3.63, 3.8) is 0 Å². The monoisotopic (exact) mass is 189 g/mol. The third kappa shape index (κ3) is 1.21. The van der Waals surface area contributed by atoms with Crippen molar-refractivity contribution < 1.29 is 9.53 Å². The minimum atomic E-state index is -0.856. The van der Waals surface area contributed by atoms with E-state index in [-0.39, 0.29) is 5.97 Å². The summed E-state index contributed by atoms with van der Waals surface area (Å²) in [5.74, 6) is 0.127. The van der Waals surface area contributed by atoms with Gasteiger partial charge < -0.3 is 4.74 Å². The molecular weight excluding hydrogens is 178 g/mol. The number of hydrogen-bond acceptors (Lipinski definition) is 3. The van der Waals surface area contributed by atoms with E-state index in [0.717, 1.165) is 5.56 Å². The van der Waals surface area contributed by atoms with Gasteiger partial charge in [0.1, 0.15) is 0 Å². The molecule has 72 valence electrons. The molecule has 3 heteroatoms. The molecule has 1 atom stereocenters. The molecule has 1 aromatic carbocycles. The van der Waals surface area contributed by atoms with Crippen LogP contribution in [0.5, 0.6) is 0 Å². The molecule has 0 saturated heterocycles. The van der Waals surface area contributed by atoms with E-state index in [0.29, 0.717) is 5.90 Å². The Kier molecular flexibility index (Phi) is 1.88. The molecule has 1 unspecified atom stereocenters. The highest BCUT2D eigenvalue weighted by Gasteiger charge is 2.41. The molecule has 0 spiro atoms. The van der Waals surface area contributed by atoms with Crippen LogP contribution in [-0.2, 0) is 15.1 Å². The predicted molar refractivity (Wildman–Crippen MR) is 53.0 cm³/mol. The van der Waals surface area contributed by atoms with Crippen LogP contribution in [0.15, 0.2) is 35.3 Å². The number of carbonyl (C=O) groups excluding carboxylic acids is 1. The number of nitrogens with zero attached hydrogens (tertiary/aromatic N) is 1. The lowest BCUT2D eigenvalue weighted by Crippen LogP contribution is -2.26. The summed E-state index contributed by atoms with van der Waals surface area (Å²) in [6.45, 7) is 3.45. The van der Waals surface area contributed by atoms with Crippen molar-refractivity contribution in [1.29, 1.82) is 0 Å². The highest BCUT2D eigenvalue weighted by molar-refractivity contribution is 5.99. The van der Waals surface area contributed by atoms with E-state index in [4.69, 9.17) is 4.74 Å². The highest BCUT2D eigenvalue weighted by atomic mass is 16.6. The van der Waals surface area contributed by atoms with Crippen LogP contribution in [-0.4, -0.2) is 11.9 Å². The highest BCUT2D eigenvalue weighted by Crippen LogP contribution is 2.31. The first-order chi connectivity index (χ1) is 6.63. The maximum atomic E-state index is 11.6. The fourth-order valence-corrected chi connectivity index (χ4v) is 1.56. The molecule has 0 radical (unpaired) electrons. The minimum Gasteiger partial charge on any atom is -0.410 e. The van der Waals surface area contributed by atoms with E-state index in [1.165, 1.54) is 0 Å². The van der Waals surface area contributed by atoms with Gasteiger partial charge >= 0.3 is 5.97 Å². The lowest BCUT2D eigenvalue weighted by molar-refractivity contribution is -0.138. The van der Waals surface area contributed by atoms with E-state index in [2.05, 4.69) is 4.99 Å². The molecule has 0 aliphatic carbocycles. The van der Waals surface area contributed by atoms with Crippen molar-refractivity contribution in [3.8, 4) is 0 Å². The molecule has 0 aromatic heterocycles. The second kappa shape index (κ2) is 2.94. The van der Waals surface area contributed by atoms with Gasteiger partial charge in [-0.25, -0.2) is 9.79 Å². The first-order valence-electron chi connectivity index (χ1n) is 4.47. The van der Waals surface area contributed by atoms with Crippen LogP contribution in [0.2, 0.25) is 0 Å². The number of rotatable bonds is 1. The van der Waals surface area contributed by atoms with Gasteiger partial charge in [-0.1, -0.05) is 30.3 Å². The maximum absolute atomic E-state index is 11.6. The van der Waals surface area contributed by atoms with Crippen molar-refractivity contribution in [2.45, 2.75) is 19.4 Å². The molecule has 2 rings (SSSR count). The van der Waals surface area contributed by atoms with Gasteiger partial charge in [0.05, 0.1) is 0 Å². The number of aliphatic imine (C=N–C) groups is 1. The summed E-state index contributed by atoms with van der Waals surface area (Å²) in [7, 11) is 0. The third-order valence-electron chi connectivity index (χ3n) is 2.35. The van der Waals surface area contributed by atoms with E-state index in [9.17, 15) is 4.79 Å². The summed E-state index contributed by atoms with van der Waals surface area (Å²) >= 11 is 0. The normalized spacial score (nSPS) is 25.9. The number of ether oxygens (including phenoxy) is 1. The van der Waals surface area contributed by atoms with Gasteiger partial charge in [0.15, 0.2) is 11.4 Å². The summed E-state index contributed by atoms with van der Waals surface area (Å²) in [6, 6.07) is 9.44. The quantitative estimate of drug-likeness (QED) is 0.632. The van der Waals surface area contributed by atoms with Gasteiger partial charge in [-0.2, -0.15) is 0 Å². The minimum absolute atomic E-state index is 0.304. The number of cyclic esters (lactones) is 1. The first-order valence-corrected chi connectivity index (χ1v) is 4.47. The topological polar surface area (TPSA) is 38.7 Å². The second-order valence-corrected chi connectivity index (χ2v) is 3.46. The molecule has 0 saturated carbocycles. The average molecular weight is 189 g/mol. The zero-order valence-corrected chi connectivity index (χ0v) is 8.15. The smallest absolute Gasteiger partial charge is 0.344 e. The Morgan fingerprint density at radius 2 is 1.93 bits per heavy atom. The second-order valence-electron chi connectivity index (χ2n) is 3.46.